The number of hydrogen-bond donors (Lipinski definition) is 1. The number of pyridine rings is 1. The lowest BCUT2D eigenvalue weighted by molar-refractivity contribution is 0.215. The average molecular weight is 374 g/mol. The zero-order valence-corrected chi connectivity index (χ0v) is 15.5. The summed E-state index contributed by atoms with van der Waals surface area (Å²) in [6.07, 6.45) is 4.80. The first-order chi connectivity index (χ1) is 13.7. The molecule has 1 unspecified atom stereocenters. The standard InChI is InChI=1S/C21H22N6O/c22-13-18-7-4-10-23-21(18)26-11-8-16(9-12-26)14-27-15-19(24-25-27)20(28)17-5-2-1-3-6-17/h1-7,10,15-16,20,28H,8-9,11-12,14H2. The molecule has 7 heteroatoms. The van der Waals surface area contributed by atoms with E-state index >= 15 is 0 Å². The summed E-state index contributed by atoms with van der Waals surface area (Å²) in [7, 11) is 0. The molecule has 1 saturated heterocycles. The van der Waals surface area contributed by atoms with Crippen molar-refractivity contribution in [1.82, 2.24) is 20.0 Å². The van der Waals surface area contributed by atoms with Crippen LogP contribution in [0.1, 0.15) is 35.8 Å². The van der Waals surface area contributed by atoms with E-state index in [0.29, 0.717) is 17.2 Å². The van der Waals surface area contributed by atoms with Crippen LogP contribution >= 0.6 is 0 Å². The fraction of sp³-hybridized carbons (Fsp3) is 0.333. The van der Waals surface area contributed by atoms with E-state index in [1.165, 1.54) is 0 Å². The third-order valence-electron chi connectivity index (χ3n) is 5.22. The third kappa shape index (κ3) is 3.87. The van der Waals surface area contributed by atoms with Gasteiger partial charge in [0.25, 0.3) is 0 Å². The first-order valence-electron chi connectivity index (χ1n) is 9.47. The van der Waals surface area contributed by atoms with Crippen molar-refractivity contribution in [3.63, 3.8) is 0 Å². The zero-order chi connectivity index (χ0) is 19.3. The molecule has 3 aromatic rings. The monoisotopic (exact) mass is 374 g/mol. The van der Waals surface area contributed by atoms with Gasteiger partial charge in [-0.2, -0.15) is 5.26 Å². The number of anilines is 1. The molecule has 7 nitrogen and oxygen atoms in total. The fourth-order valence-electron chi connectivity index (χ4n) is 3.66. The topological polar surface area (TPSA) is 90.9 Å². The lowest BCUT2D eigenvalue weighted by Crippen LogP contribution is -2.36. The van der Waals surface area contributed by atoms with Gasteiger partial charge in [-0.15, -0.1) is 5.10 Å². The Bertz CT molecular complexity index is 956. The Labute approximate surface area is 163 Å². The third-order valence-corrected chi connectivity index (χ3v) is 5.22. The van der Waals surface area contributed by atoms with Crippen molar-refractivity contribution in [2.75, 3.05) is 18.0 Å². The maximum atomic E-state index is 10.5. The highest BCUT2D eigenvalue weighted by atomic mass is 16.3. The van der Waals surface area contributed by atoms with Gasteiger partial charge < -0.3 is 10.0 Å². The second-order valence-electron chi connectivity index (χ2n) is 7.10. The van der Waals surface area contributed by atoms with Crippen LogP contribution in [0.4, 0.5) is 5.82 Å². The van der Waals surface area contributed by atoms with Crippen molar-refractivity contribution in [3.8, 4) is 6.07 Å². The first-order valence-corrected chi connectivity index (χ1v) is 9.47. The van der Waals surface area contributed by atoms with Crippen LogP contribution in [0.5, 0.6) is 0 Å². The smallest absolute Gasteiger partial charge is 0.146 e. The summed E-state index contributed by atoms with van der Waals surface area (Å²) < 4.78 is 1.82. The molecule has 1 atom stereocenters. The van der Waals surface area contributed by atoms with E-state index in [1.807, 2.05) is 47.3 Å². The van der Waals surface area contributed by atoms with Crippen LogP contribution in [0.3, 0.4) is 0 Å². The number of aromatic nitrogens is 4. The molecule has 1 fully saturated rings. The van der Waals surface area contributed by atoms with Gasteiger partial charge in [-0.1, -0.05) is 35.5 Å². The van der Waals surface area contributed by atoms with Crippen LogP contribution in [-0.2, 0) is 6.54 Å². The van der Waals surface area contributed by atoms with Crippen molar-refractivity contribution >= 4 is 5.82 Å². The molecule has 0 saturated carbocycles. The van der Waals surface area contributed by atoms with Gasteiger partial charge in [-0.25, -0.2) is 4.98 Å². The SMILES string of the molecule is N#Cc1cccnc1N1CCC(Cn2cc(C(O)c3ccccc3)nn2)CC1. The van der Waals surface area contributed by atoms with E-state index in [1.54, 1.807) is 12.3 Å². The van der Waals surface area contributed by atoms with Crippen molar-refractivity contribution in [2.24, 2.45) is 5.92 Å². The average Bonchev–Trinajstić information content (AvgIpc) is 3.23. The van der Waals surface area contributed by atoms with Gasteiger partial charge in [0.1, 0.15) is 23.7 Å². The highest BCUT2D eigenvalue weighted by molar-refractivity contribution is 5.53. The molecule has 1 aromatic carbocycles. The number of nitriles is 1. The van der Waals surface area contributed by atoms with Crippen LogP contribution in [0.15, 0.2) is 54.9 Å². The van der Waals surface area contributed by atoms with Gasteiger partial charge in [-0.3, -0.25) is 4.68 Å². The van der Waals surface area contributed by atoms with Crippen LogP contribution in [0, 0.1) is 17.2 Å². The summed E-state index contributed by atoms with van der Waals surface area (Å²) in [6.45, 7) is 2.50. The molecular formula is C21H22N6O. The number of benzene rings is 1. The lowest BCUT2D eigenvalue weighted by Gasteiger charge is -2.33. The highest BCUT2D eigenvalue weighted by Crippen LogP contribution is 2.25. The Morgan fingerprint density at radius 3 is 2.68 bits per heavy atom. The molecule has 0 aliphatic carbocycles. The molecule has 0 radical (unpaired) electrons. The van der Waals surface area contributed by atoms with Crippen LogP contribution in [0.25, 0.3) is 0 Å². The Kier molecular flexibility index (Phi) is 5.31. The first kappa shape index (κ1) is 18.1. The Morgan fingerprint density at radius 2 is 1.93 bits per heavy atom. The van der Waals surface area contributed by atoms with E-state index < -0.39 is 6.10 Å². The number of hydrogen-bond acceptors (Lipinski definition) is 6. The van der Waals surface area contributed by atoms with E-state index in [2.05, 4.69) is 26.3 Å². The number of rotatable bonds is 5. The number of aliphatic hydroxyl groups is 1. The summed E-state index contributed by atoms with van der Waals surface area (Å²) in [6, 6.07) is 15.3. The van der Waals surface area contributed by atoms with E-state index in [-0.39, 0.29) is 0 Å². The van der Waals surface area contributed by atoms with Crippen molar-refractivity contribution in [2.45, 2.75) is 25.5 Å². The molecule has 1 aliphatic rings. The largest absolute Gasteiger partial charge is 0.382 e. The van der Waals surface area contributed by atoms with Gasteiger partial charge in [0.05, 0.1) is 11.8 Å². The number of nitrogens with zero attached hydrogens (tertiary/aromatic N) is 6. The van der Waals surface area contributed by atoms with Crippen molar-refractivity contribution in [3.05, 3.63) is 71.7 Å². The van der Waals surface area contributed by atoms with E-state index in [9.17, 15) is 10.4 Å². The maximum absolute atomic E-state index is 10.5. The molecule has 0 bridgehead atoms. The second kappa shape index (κ2) is 8.19. The summed E-state index contributed by atoms with van der Waals surface area (Å²) >= 11 is 0. The summed E-state index contributed by atoms with van der Waals surface area (Å²) in [4.78, 5) is 6.56. The zero-order valence-electron chi connectivity index (χ0n) is 15.5. The fourth-order valence-corrected chi connectivity index (χ4v) is 3.66. The molecule has 4 rings (SSSR count). The Balaban J connectivity index is 1.36. The molecule has 0 spiro atoms. The molecular weight excluding hydrogens is 352 g/mol. The predicted octanol–water partition coefficient (Wildman–Crippen LogP) is 2.54. The molecule has 3 heterocycles. The maximum Gasteiger partial charge on any atom is 0.146 e. The minimum atomic E-state index is -0.759. The normalized spacial score (nSPS) is 15.9. The molecule has 2 aromatic heterocycles. The Hall–Kier alpha value is -3.24. The van der Waals surface area contributed by atoms with Gasteiger partial charge in [0.15, 0.2) is 0 Å². The molecule has 1 N–H and O–H groups in total. The molecule has 0 amide bonds. The van der Waals surface area contributed by atoms with Gasteiger partial charge in [0.2, 0.25) is 0 Å². The summed E-state index contributed by atoms with van der Waals surface area (Å²) in [5.74, 6) is 1.26. The van der Waals surface area contributed by atoms with Crippen molar-refractivity contribution in [1.29, 1.82) is 5.26 Å². The molecule has 28 heavy (non-hydrogen) atoms. The van der Waals surface area contributed by atoms with E-state index in [4.69, 9.17) is 0 Å². The van der Waals surface area contributed by atoms with E-state index in [0.717, 1.165) is 43.9 Å². The summed E-state index contributed by atoms with van der Waals surface area (Å²) in [5, 5.41) is 28.1. The van der Waals surface area contributed by atoms with Gasteiger partial charge in [0, 0.05) is 25.8 Å². The quantitative estimate of drug-likeness (QED) is 0.738. The minimum absolute atomic E-state index is 0.480. The lowest BCUT2D eigenvalue weighted by atomic mass is 9.96. The summed E-state index contributed by atoms with van der Waals surface area (Å²) in [5.41, 5.74) is 2.00. The van der Waals surface area contributed by atoms with Crippen LogP contribution < -0.4 is 4.90 Å². The van der Waals surface area contributed by atoms with Gasteiger partial charge >= 0.3 is 0 Å². The number of aliphatic hydroxyl groups excluding tert-OH is 1. The second-order valence-corrected chi connectivity index (χ2v) is 7.10. The number of piperidine rings is 1. The van der Waals surface area contributed by atoms with Crippen LogP contribution in [0.2, 0.25) is 0 Å². The highest BCUT2D eigenvalue weighted by Gasteiger charge is 2.23. The van der Waals surface area contributed by atoms with Gasteiger partial charge in [-0.05, 0) is 36.5 Å². The molecule has 1 aliphatic heterocycles. The predicted molar refractivity (Wildman–Crippen MR) is 104 cm³/mol. The Morgan fingerprint density at radius 1 is 1.14 bits per heavy atom. The minimum Gasteiger partial charge on any atom is -0.382 e. The van der Waals surface area contributed by atoms with Crippen molar-refractivity contribution < 1.29 is 5.11 Å². The van der Waals surface area contributed by atoms with Crippen LogP contribution in [-0.4, -0.2) is 38.2 Å². The molecule has 142 valence electrons.